The van der Waals surface area contributed by atoms with Gasteiger partial charge >= 0.3 is 0 Å². The van der Waals surface area contributed by atoms with E-state index in [1.54, 1.807) is 0 Å². The van der Waals surface area contributed by atoms with Crippen molar-refractivity contribution in [2.45, 2.75) is 19.4 Å². The molecule has 3 rings (SSSR count). The zero-order valence-electron chi connectivity index (χ0n) is 10.7. The third-order valence-electron chi connectivity index (χ3n) is 4.38. The number of benzene rings is 1. The van der Waals surface area contributed by atoms with E-state index in [2.05, 4.69) is 35.2 Å². The van der Waals surface area contributed by atoms with Crippen molar-refractivity contribution in [1.82, 2.24) is 9.80 Å². The lowest BCUT2D eigenvalue weighted by atomic mass is 9.86. The smallest absolute Gasteiger partial charge is 0.209 e. The van der Waals surface area contributed by atoms with E-state index in [1.165, 1.54) is 24.9 Å². The van der Waals surface area contributed by atoms with E-state index in [9.17, 15) is 4.79 Å². The largest absolute Gasteiger partial charge is 0.345 e. The summed E-state index contributed by atoms with van der Waals surface area (Å²) in [6, 6.07) is 10.7. The van der Waals surface area contributed by atoms with E-state index in [4.69, 9.17) is 0 Å². The predicted octanol–water partition coefficient (Wildman–Crippen LogP) is 1.74. The van der Waals surface area contributed by atoms with Crippen molar-refractivity contribution < 1.29 is 4.79 Å². The van der Waals surface area contributed by atoms with Crippen LogP contribution in [0.2, 0.25) is 0 Å². The summed E-state index contributed by atoms with van der Waals surface area (Å²) in [5.41, 5.74) is 1.77. The maximum atomic E-state index is 10.8. The normalized spacial score (nSPS) is 28.1. The first-order chi connectivity index (χ1) is 8.80. The van der Waals surface area contributed by atoms with Crippen LogP contribution >= 0.6 is 0 Å². The molecule has 2 fully saturated rings. The van der Waals surface area contributed by atoms with E-state index >= 15 is 0 Å². The van der Waals surface area contributed by atoms with Crippen LogP contribution in [-0.2, 0) is 11.3 Å². The van der Waals surface area contributed by atoms with Gasteiger partial charge in [0.2, 0.25) is 6.41 Å². The van der Waals surface area contributed by atoms with E-state index in [0.29, 0.717) is 5.41 Å². The summed E-state index contributed by atoms with van der Waals surface area (Å²) in [7, 11) is 0. The number of carbonyl (C=O) groups is 1. The molecule has 1 atom stereocenters. The topological polar surface area (TPSA) is 23.6 Å². The molecule has 1 amide bonds. The molecule has 1 spiro atoms. The van der Waals surface area contributed by atoms with Crippen molar-refractivity contribution in [3.05, 3.63) is 35.9 Å². The summed E-state index contributed by atoms with van der Waals surface area (Å²) in [6.45, 7) is 5.27. The molecule has 0 bridgehead atoms. The van der Waals surface area contributed by atoms with Gasteiger partial charge in [-0.3, -0.25) is 9.69 Å². The Labute approximate surface area is 108 Å². The molecule has 0 radical (unpaired) electrons. The third-order valence-corrected chi connectivity index (χ3v) is 4.38. The van der Waals surface area contributed by atoms with Gasteiger partial charge in [0.1, 0.15) is 0 Å². The van der Waals surface area contributed by atoms with Crippen LogP contribution in [0, 0.1) is 5.41 Å². The predicted molar refractivity (Wildman–Crippen MR) is 71.0 cm³/mol. The fraction of sp³-hybridized carbons (Fsp3) is 0.533. The number of hydrogen-bond donors (Lipinski definition) is 0. The van der Waals surface area contributed by atoms with Gasteiger partial charge in [0, 0.05) is 31.6 Å². The Hall–Kier alpha value is -1.35. The molecular weight excluding hydrogens is 224 g/mol. The molecule has 96 valence electrons. The SMILES string of the molecule is O=CN1CCC2(CCN(Cc3ccccc3)C2)C1. The zero-order chi connectivity index (χ0) is 12.4. The average Bonchev–Trinajstić information content (AvgIpc) is 2.99. The Morgan fingerprint density at radius 1 is 1.11 bits per heavy atom. The molecule has 3 nitrogen and oxygen atoms in total. The van der Waals surface area contributed by atoms with Crippen LogP contribution in [0.3, 0.4) is 0 Å². The molecule has 3 heteroatoms. The maximum absolute atomic E-state index is 10.8. The molecule has 0 aliphatic carbocycles. The number of hydrogen-bond acceptors (Lipinski definition) is 2. The van der Waals surface area contributed by atoms with E-state index in [0.717, 1.165) is 32.6 Å². The first-order valence-corrected chi connectivity index (χ1v) is 6.75. The molecule has 2 saturated heterocycles. The monoisotopic (exact) mass is 244 g/mol. The Morgan fingerprint density at radius 3 is 2.61 bits per heavy atom. The lowest BCUT2D eigenvalue weighted by Gasteiger charge is -2.23. The second-order valence-electron chi connectivity index (χ2n) is 5.77. The van der Waals surface area contributed by atoms with Gasteiger partial charge in [-0.2, -0.15) is 0 Å². The van der Waals surface area contributed by atoms with Crippen LogP contribution in [-0.4, -0.2) is 42.4 Å². The summed E-state index contributed by atoms with van der Waals surface area (Å²) in [6.07, 6.45) is 3.43. The third kappa shape index (κ3) is 2.27. The van der Waals surface area contributed by atoms with Crippen molar-refractivity contribution >= 4 is 6.41 Å². The number of likely N-dealkylation sites (tertiary alicyclic amines) is 2. The van der Waals surface area contributed by atoms with Gasteiger partial charge in [-0.15, -0.1) is 0 Å². The lowest BCUT2D eigenvalue weighted by Crippen LogP contribution is -2.30. The second-order valence-corrected chi connectivity index (χ2v) is 5.77. The molecule has 1 aromatic rings. The first-order valence-electron chi connectivity index (χ1n) is 6.75. The number of amides is 1. The number of nitrogens with zero attached hydrogens (tertiary/aromatic N) is 2. The highest BCUT2D eigenvalue weighted by Gasteiger charge is 2.42. The molecule has 0 saturated carbocycles. The molecule has 0 aromatic heterocycles. The fourth-order valence-electron chi connectivity index (χ4n) is 3.40. The lowest BCUT2D eigenvalue weighted by molar-refractivity contribution is -0.117. The molecule has 2 aliphatic heterocycles. The highest BCUT2D eigenvalue weighted by Crippen LogP contribution is 2.39. The number of carbonyl (C=O) groups excluding carboxylic acids is 1. The van der Waals surface area contributed by atoms with Gasteiger partial charge < -0.3 is 4.90 Å². The average molecular weight is 244 g/mol. The highest BCUT2D eigenvalue weighted by atomic mass is 16.1. The quantitative estimate of drug-likeness (QED) is 0.756. The molecule has 18 heavy (non-hydrogen) atoms. The van der Waals surface area contributed by atoms with Crippen LogP contribution in [0.1, 0.15) is 18.4 Å². The molecule has 0 N–H and O–H groups in total. The first kappa shape index (κ1) is 11.7. The van der Waals surface area contributed by atoms with Crippen LogP contribution in [0.4, 0.5) is 0 Å². The van der Waals surface area contributed by atoms with E-state index < -0.39 is 0 Å². The second kappa shape index (κ2) is 4.73. The van der Waals surface area contributed by atoms with Crippen molar-refractivity contribution in [1.29, 1.82) is 0 Å². The molecular formula is C15H20N2O. The summed E-state index contributed by atoms with van der Waals surface area (Å²) in [5, 5.41) is 0. The van der Waals surface area contributed by atoms with Crippen LogP contribution in [0.25, 0.3) is 0 Å². The van der Waals surface area contributed by atoms with E-state index in [1.807, 2.05) is 4.90 Å². The maximum Gasteiger partial charge on any atom is 0.209 e. The fourth-order valence-corrected chi connectivity index (χ4v) is 3.40. The van der Waals surface area contributed by atoms with Crippen LogP contribution in [0.15, 0.2) is 30.3 Å². The highest BCUT2D eigenvalue weighted by molar-refractivity contribution is 5.48. The van der Waals surface area contributed by atoms with Crippen molar-refractivity contribution in [2.24, 2.45) is 5.41 Å². The van der Waals surface area contributed by atoms with Gasteiger partial charge in [0.15, 0.2) is 0 Å². The van der Waals surface area contributed by atoms with Gasteiger partial charge in [0.25, 0.3) is 0 Å². The Bertz CT molecular complexity index is 420. The van der Waals surface area contributed by atoms with Gasteiger partial charge in [0.05, 0.1) is 0 Å². The van der Waals surface area contributed by atoms with E-state index in [-0.39, 0.29) is 0 Å². The van der Waals surface area contributed by atoms with Gasteiger partial charge in [-0.25, -0.2) is 0 Å². The molecule has 2 heterocycles. The Balaban J connectivity index is 1.61. The summed E-state index contributed by atoms with van der Waals surface area (Å²) < 4.78 is 0. The van der Waals surface area contributed by atoms with Crippen LogP contribution < -0.4 is 0 Å². The minimum Gasteiger partial charge on any atom is -0.345 e. The minimum absolute atomic E-state index is 0.385. The Kier molecular flexibility index (Phi) is 3.08. The number of rotatable bonds is 3. The Morgan fingerprint density at radius 2 is 1.89 bits per heavy atom. The minimum atomic E-state index is 0.385. The van der Waals surface area contributed by atoms with Gasteiger partial charge in [-0.05, 0) is 24.9 Å². The summed E-state index contributed by atoms with van der Waals surface area (Å²) >= 11 is 0. The standard InChI is InChI=1S/C15H20N2O/c18-13-17-9-7-15(12-17)6-8-16(11-15)10-14-4-2-1-3-5-14/h1-5,13H,6-12H2. The van der Waals surface area contributed by atoms with Gasteiger partial charge in [-0.1, -0.05) is 30.3 Å². The molecule has 1 aromatic carbocycles. The summed E-state index contributed by atoms with van der Waals surface area (Å²) in [4.78, 5) is 15.3. The molecule has 1 unspecified atom stereocenters. The van der Waals surface area contributed by atoms with Crippen LogP contribution in [0.5, 0.6) is 0 Å². The zero-order valence-corrected chi connectivity index (χ0v) is 10.7. The van der Waals surface area contributed by atoms with Crippen molar-refractivity contribution in [3.8, 4) is 0 Å². The molecule has 2 aliphatic rings. The van der Waals surface area contributed by atoms with Crippen molar-refractivity contribution in [2.75, 3.05) is 26.2 Å². The van der Waals surface area contributed by atoms with Crippen molar-refractivity contribution in [3.63, 3.8) is 0 Å². The summed E-state index contributed by atoms with van der Waals surface area (Å²) in [5.74, 6) is 0.